The van der Waals surface area contributed by atoms with Gasteiger partial charge in [-0.3, -0.25) is 0 Å². The van der Waals surface area contributed by atoms with Crippen LogP contribution in [0.3, 0.4) is 0 Å². The fourth-order valence-corrected chi connectivity index (χ4v) is 2.37. The van der Waals surface area contributed by atoms with Crippen LogP contribution in [-0.2, 0) is 16.9 Å². The molecule has 0 saturated carbocycles. The van der Waals surface area contributed by atoms with Gasteiger partial charge in [0.25, 0.3) is 0 Å². The molecule has 2 heterocycles. The van der Waals surface area contributed by atoms with E-state index in [0.717, 1.165) is 18.8 Å². The van der Waals surface area contributed by atoms with Crippen molar-refractivity contribution in [2.45, 2.75) is 51.4 Å². The molecule has 16 heavy (non-hydrogen) atoms. The Morgan fingerprint density at radius 1 is 1.62 bits per heavy atom. The predicted molar refractivity (Wildman–Crippen MR) is 61.1 cm³/mol. The number of hydrogen-bond donors (Lipinski definition) is 1. The molecule has 2 unspecified atom stereocenters. The monoisotopic (exact) mass is 224 g/mol. The van der Waals surface area contributed by atoms with Gasteiger partial charge in [0, 0.05) is 31.8 Å². The van der Waals surface area contributed by atoms with Gasteiger partial charge in [0.05, 0.1) is 12.7 Å². The summed E-state index contributed by atoms with van der Waals surface area (Å²) in [5.41, 5.74) is -0.807. The highest BCUT2D eigenvalue weighted by atomic mass is 16.5. The smallest absolute Gasteiger partial charge is 0.140 e. The summed E-state index contributed by atoms with van der Waals surface area (Å²) >= 11 is 0. The topological polar surface area (TPSA) is 47.3 Å². The van der Waals surface area contributed by atoms with Crippen molar-refractivity contribution in [3.05, 3.63) is 18.2 Å². The largest absolute Gasteiger partial charge is 0.382 e. The Balaban J connectivity index is 2.23. The number of imidazole rings is 1. The van der Waals surface area contributed by atoms with Gasteiger partial charge in [0.2, 0.25) is 0 Å². The number of aryl methyl sites for hydroxylation is 1. The van der Waals surface area contributed by atoms with Crippen LogP contribution in [0.2, 0.25) is 0 Å². The zero-order chi connectivity index (χ0) is 11.6. The molecular weight excluding hydrogens is 204 g/mol. The van der Waals surface area contributed by atoms with E-state index in [-0.39, 0.29) is 6.10 Å². The minimum atomic E-state index is -0.807. The number of aliphatic hydroxyl groups is 1. The lowest BCUT2D eigenvalue weighted by Crippen LogP contribution is -2.40. The highest BCUT2D eigenvalue weighted by Gasteiger charge is 2.39. The summed E-state index contributed by atoms with van der Waals surface area (Å²) in [5.74, 6) is 0.789. The number of ether oxygens (including phenoxy) is 1. The number of aromatic nitrogens is 2. The third kappa shape index (κ3) is 1.99. The minimum Gasteiger partial charge on any atom is -0.382 e. The Kier molecular flexibility index (Phi) is 3.30. The van der Waals surface area contributed by atoms with Crippen molar-refractivity contribution in [2.75, 3.05) is 6.61 Å². The summed E-state index contributed by atoms with van der Waals surface area (Å²) in [5, 5.41) is 10.7. The second-order valence-electron chi connectivity index (χ2n) is 4.42. The van der Waals surface area contributed by atoms with Crippen LogP contribution >= 0.6 is 0 Å². The summed E-state index contributed by atoms with van der Waals surface area (Å²) in [4.78, 5) is 4.31. The van der Waals surface area contributed by atoms with E-state index < -0.39 is 5.60 Å². The first-order chi connectivity index (χ1) is 7.69. The third-order valence-electron chi connectivity index (χ3n) is 3.36. The minimum absolute atomic E-state index is 0.153. The first kappa shape index (κ1) is 11.6. The van der Waals surface area contributed by atoms with Gasteiger partial charge in [-0.1, -0.05) is 6.92 Å². The van der Waals surface area contributed by atoms with E-state index in [2.05, 4.69) is 18.8 Å². The molecule has 1 aliphatic heterocycles. The van der Waals surface area contributed by atoms with Crippen molar-refractivity contribution in [1.29, 1.82) is 0 Å². The Hall–Kier alpha value is -0.870. The molecule has 1 aromatic heterocycles. The van der Waals surface area contributed by atoms with Crippen molar-refractivity contribution in [2.24, 2.45) is 0 Å². The van der Waals surface area contributed by atoms with E-state index in [1.54, 1.807) is 6.20 Å². The molecule has 1 fully saturated rings. The normalized spacial score (nSPS) is 30.6. The van der Waals surface area contributed by atoms with Crippen LogP contribution in [-0.4, -0.2) is 27.4 Å². The van der Waals surface area contributed by atoms with Crippen LogP contribution in [0.5, 0.6) is 0 Å². The summed E-state index contributed by atoms with van der Waals surface area (Å²) < 4.78 is 7.61. The molecule has 90 valence electrons. The van der Waals surface area contributed by atoms with Gasteiger partial charge in [-0.2, -0.15) is 0 Å². The first-order valence-electron chi connectivity index (χ1n) is 6.05. The van der Waals surface area contributed by atoms with Gasteiger partial charge in [0.15, 0.2) is 0 Å². The van der Waals surface area contributed by atoms with E-state index in [4.69, 9.17) is 4.74 Å². The molecule has 1 N–H and O–H groups in total. The van der Waals surface area contributed by atoms with Gasteiger partial charge in [-0.05, 0) is 13.3 Å². The Labute approximate surface area is 96.3 Å². The number of nitrogens with zero attached hydrogens (tertiary/aromatic N) is 2. The van der Waals surface area contributed by atoms with Gasteiger partial charge in [-0.15, -0.1) is 0 Å². The third-order valence-corrected chi connectivity index (χ3v) is 3.36. The zero-order valence-electron chi connectivity index (χ0n) is 10.0. The van der Waals surface area contributed by atoms with E-state index in [0.29, 0.717) is 19.4 Å². The fraction of sp³-hybridized carbons (Fsp3) is 0.750. The van der Waals surface area contributed by atoms with Crippen LogP contribution in [0.4, 0.5) is 0 Å². The van der Waals surface area contributed by atoms with Crippen molar-refractivity contribution < 1.29 is 9.84 Å². The molecule has 1 saturated heterocycles. The quantitative estimate of drug-likeness (QED) is 0.849. The average Bonchev–Trinajstić information content (AvgIpc) is 2.78. The standard InChI is InChI=1S/C12H20N2O2/c1-3-10-9-12(15,5-8-16-10)11-13-6-7-14(11)4-2/h6-7,10,15H,3-5,8-9H2,1-2H3. The SMILES string of the molecule is CCC1CC(O)(c2nccn2CC)CCO1. The molecule has 0 aromatic carbocycles. The van der Waals surface area contributed by atoms with Crippen molar-refractivity contribution >= 4 is 0 Å². The molecule has 0 radical (unpaired) electrons. The van der Waals surface area contributed by atoms with Crippen LogP contribution in [0, 0.1) is 0 Å². The summed E-state index contributed by atoms with van der Waals surface area (Å²) in [7, 11) is 0. The molecule has 4 heteroatoms. The Bertz CT molecular complexity index is 351. The van der Waals surface area contributed by atoms with Gasteiger partial charge < -0.3 is 14.4 Å². The Morgan fingerprint density at radius 2 is 2.44 bits per heavy atom. The maximum atomic E-state index is 10.7. The van der Waals surface area contributed by atoms with Crippen LogP contribution in [0.15, 0.2) is 12.4 Å². The Morgan fingerprint density at radius 3 is 3.12 bits per heavy atom. The van der Waals surface area contributed by atoms with Gasteiger partial charge in [-0.25, -0.2) is 4.98 Å². The van der Waals surface area contributed by atoms with E-state index in [1.165, 1.54) is 0 Å². The van der Waals surface area contributed by atoms with Crippen molar-refractivity contribution in [1.82, 2.24) is 9.55 Å². The molecule has 1 aliphatic rings. The molecule has 2 atom stereocenters. The van der Waals surface area contributed by atoms with Crippen molar-refractivity contribution in [3.63, 3.8) is 0 Å². The molecule has 4 nitrogen and oxygen atoms in total. The van der Waals surface area contributed by atoms with Crippen LogP contribution in [0.1, 0.15) is 38.9 Å². The lowest BCUT2D eigenvalue weighted by Gasteiger charge is -2.36. The summed E-state index contributed by atoms with van der Waals surface area (Å²) in [6.07, 6.45) is 6.06. The van der Waals surface area contributed by atoms with Crippen LogP contribution < -0.4 is 0 Å². The maximum absolute atomic E-state index is 10.7. The summed E-state index contributed by atoms with van der Waals surface area (Å²) in [6, 6.07) is 0. The van der Waals surface area contributed by atoms with E-state index >= 15 is 0 Å². The van der Waals surface area contributed by atoms with E-state index in [9.17, 15) is 5.11 Å². The molecular formula is C12H20N2O2. The molecule has 1 aromatic rings. The molecule has 0 amide bonds. The van der Waals surface area contributed by atoms with E-state index in [1.807, 2.05) is 10.8 Å². The number of hydrogen-bond acceptors (Lipinski definition) is 3. The van der Waals surface area contributed by atoms with Crippen molar-refractivity contribution in [3.8, 4) is 0 Å². The first-order valence-corrected chi connectivity index (χ1v) is 6.05. The molecule has 0 aliphatic carbocycles. The van der Waals surface area contributed by atoms with Crippen LogP contribution in [0.25, 0.3) is 0 Å². The molecule has 2 rings (SSSR count). The van der Waals surface area contributed by atoms with Gasteiger partial charge >= 0.3 is 0 Å². The number of rotatable bonds is 3. The second kappa shape index (κ2) is 4.55. The van der Waals surface area contributed by atoms with Gasteiger partial charge in [0.1, 0.15) is 11.4 Å². The maximum Gasteiger partial charge on any atom is 0.140 e. The zero-order valence-corrected chi connectivity index (χ0v) is 10.0. The average molecular weight is 224 g/mol. The predicted octanol–water partition coefficient (Wildman–Crippen LogP) is 1.68. The lowest BCUT2D eigenvalue weighted by atomic mass is 9.88. The molecule has 0 spiro atoms. The summed E-state index contributed by atoms with van der Waals surface area (Å²) in [6.45, 7) is 5.61. The second-order valence-corrected chi connectivity index (χ2v) is 4.42. The molecule has 0 bridgehead atoms. The fourth-order valence-electron chi connectivity index (χ4n) is 2.37. The lowest BCUT2D eigenvalue weighted by molar-refractivity contribution is -0.114. The highest BCUT2D eigenvalue weighted by Crippen LogP contribution is 2.34. The highest BCUT2D eigenvalue weighted by molar-refractivity contribution is 5.07.